The van der Waals surface area contributed by atoms with Crippen LogP contribution in [0, 0.1) is 5.92 Å². The predicted molar refractivity (Wildman–Crippen MR) is 86.9 cm³/mol. The van der Waals surface area contributed by atoms with Crippen molar-refractivity contribution >= 4 is 17.3 Å². The third kappa shape index (κ3) is 2.85. The predicted octanol–water partition coefficient (Wildman–Crippen LogP) is 3.17. The monoisotopic (exact) mass is 287 g/mol. The highest BCUT2D eigenvalue weighted by Gasteiger charge is 2.28. The number of carbonyl (C=O) groups is 1. The second kappa shape index (κ2) is 5.96. The van der Waals surface area contributed by atoms with Crippen LogP contribution in [-0.4, -0.2) is 37.0 Å². The van der Waals surface area contributed by atoms with Crippen LogP contribution in [0.15, 0.2) is 18.2 Å². The standard InChI is InChI=1S/C17H25N3O/c1-12-5-3-6-13(11-12)20(2)17(21)14-7-4-8-15-16(14)19-10-9-18-15/h4,7-8,12-13,18-19H,3,5-6,9-11H2,1-2H3. The van der Waals surface area contributed by atoms with E-state index < -0.39 is 0 Å². The number of hydrogen-bond donors (Lipinski definition) is 2. The molecule has 1 aromatic rings. The van der Waals surface area contributed by atoms with Crippen LogP contribution in [0.5, 0.6) is 0 Å². The Labute approximate surface area is 126 Å². The second-order valence-corrected chi connectivity index (χ2v) is 6.42. The molecule has 4 heteroatoms. The Morgan fingerprint density at radius 2 is 2.05 bits per heavy atom. The first-order valence-electron chi connectivity index (χ1n) is 8.04. The van der Waals surface area contributed by atoms with E-state index in [9.17, 15) is 4.79 Å². The van der Waals surface area contributed by atoms with Gasteiger partial charge in [0.1, 0.15) is 0 Å². The van der Waals surface area contributed by atoms with Gasteiger partial charge in [0.25, 0.3) is 5.91 Å². The number of para-hydroxylation sites is 1. The van der Waals surface area contributed by atoms with Crippen molar-refractivity contribution < 1.29 is 4.79 Å². The van der Waals surface area contributed by atoms with Crippen LogP contribution in [0.25, 0.3) is 0 Å². The molecule has 1 amide bonds. The summed E-state index contributed by atoms with van der Waals surface area (Å²) >= 11 is 0. The molecule has 1 aliphatic heterocycles. The number of anilines is 2. The van der Waals surface area contributed by atoms with Gasteiger partial charge in [-0.15, -0.1) is 0 Å². The first-order chi connectivity index (χ1) is 10.2. The third-order valence-electron chi connectivity index (χ3n) is 4.81. The molecule has 3 rings (SSSR count). The molecule has 2 unspecified atom stereocenters. The molecular formula is C17H25N3O. The zero-order valence-electron chi connectivity index (χ0n) is 13.0. The molecule has 0 aromatic heterocycles. The van der Waals surface area contributed by atoms with Crippen molar-refractivity contribution in [2.24, 2.45) is 5.92 Å². The van der Waals surface area contributed by atoms with Gasteiger partial charge in [-0.25, -0.2) is 0 Å². The third-order valence-corrected chi connectivity index (χ3v) is 4.81. The van der Waals surface area contributed by atoms with Crippen LogP contribution in [0.2, 0.25) is 0 Å². The largest absolute Gasteiger partial charge is 0.382 e. The maximum Gasteiger partial charge on any atom is 0.256 e. The molecule has 0 radical (unpaired) electrons. The van der Waals surface area contributed by atoms with E-state index in [-0.39, 0.29) is 5.91 Å². The van der Waals surface area contributed by atoms with Crippen LogP contribution in [0.3, 0.4) is 0 Å². The summed E-state index contributed by atoms with van der Waals surface area (Å²) in [6, 6.07) is 6.31. The van der Waals surface area contributed by atoms with Crippen LogP contribution in [-0.2, 0) is 0 Å². The summed E-state index contributed by atoms with van der Waals surface area (Å²) in [5.41, 5.74) is 2.79. The van der Waals surface area contributed by atoms with Crippen molar-refractivity contribution in [3.05, 3.63) is 23.8 Å². The lowest BCUT2D eigenvalue weighted by molar-refractivity contribution is 0.0673. The molecule has 1 aromatic carbocycles. The van der Waals surface area contributed by atoms with E-state index in [1.807, 2.05) is 30.1 Å². The molecule has 2 atom stereocenters. The summed E-state index contributed by atoms with van der Waals surface area (Å²) in [5, 5.41) is 6.72. The smallest absolute Gasteiger partial charge is 0.256 e. The van der Waals surface area contributed by atoms with E-state index >= 15 is 0 Å². The Bertz CT molecular complexity index is 529. The molecule has 2 N–H and O–H groups in total. The normalized spacial score (nSPS) is 24.5. The Kier molecular flexibility index (Phi) is 4.04. The van der Waals surface area contributed by atoms with Crippen molar-refractivity contribution in [1.29, 1.82) is 0 Å². The fraction of sp³-hybridized carbons (Fsp3) is 0.588. The van der Waals surface area contributed by atoms with Gasteiger partial charge in [-0.2, -0.15) is 0 Å². The minimum atomic E-state index is 0.141. The lowest BCUT2D eigenvalue weighted by Crippen LogP contribution is -2.40. The molecule has 1 fully saturated rings. The summed E-state index contributed by atoms with van der Waals surface area (Å²) < 4.78 is 0. The summed E-state index contributed by atoms with van der Waals surface area (Å²) in [4.78, 5) is 14.8. The zero-order valence-corrected chi connectivity index (χ0v) is 13.0. The topological polar surface area (TPSA) is 44.4 Å². The van der Waals surface area contributed by atoms with E-state index in [0.717, 1.165) is 48.8 Å². The van der Waals surface area contributed by atoms with Crippen molar-refractivity contribution in [2.75, 3.05) is 30.8 Å². The number of nitrogens with one attached hydrogen (secondary N) is 2. The molecule has 1 aliphatic carbocycles. The Hall–Kier alpha value is -1.71. The summed E-state index contributed by atoms with van der Waals surface area (Å²) in [5.74, 6) is 0.866. The van der Waals surface area contributed by atoms with Gasteiger partial charge >= 0.3 is 0 Å². The van der Waals surface area contributed by atoms with E-state index in [4.69, 9.17) is 0 Å². The molecule has 21 heavy (non-hydrogen) atoms. The van der Waals surface area contributed by atoms with Gasteiger partial charge in [0.05, 0.1) is 16.9 Å². The average Bonchev–Trinajstić information content (AvgIpc) is 2.53. The second-order valence-electron chi connectivity index (χ2n) is 6.42. The molecule has 114 valence electrons. The molecule has 1 heterocycles. The van der Waals surface area contributed by atoms with Gasteiger partial charge in [-0.3, -0.25) is 4.79 Å². The van der Waals surface area contributed by atoms with Crippen LogP contribution in [0.1, 0.15) is 43.0 Å². The molecule has 1 saturated carbocycles. The summed E-state index contributed by atoms with van der Waals surface area (Å²) in [6.45, 7) is 4.06. The summed E-state index contributed by atoms with van der Waals surface area (Å²) in [6.07, 6.45) is 4.79. The molecular weight excluding hydrogens is 262 g/mol. The number of amides is 1. The molecule has 0 spiro atoms. The van der Waals surface area contributed by atoms with Gasteiger partial charge < -0.3 is 15.5 Å². The Morgan fingerprint density at radius 3 is 2.86 bits per heavy atom. The highest BCUT2D eigenvalue weighted by molar-refractivity contribution is 6.02. The quantitative estimate of drug-likeness (QED) is 0.878. The van der Waals surface area contributed by atoms with Crippen LogP contribution in [0.4, 0.5) is 11.4 Å². The van der Waals surface area contributed by atoms with E-state index in [0.29, 0.717) is 6.04 Å². The number of nitrogens with zero attached hydrogens (tertiary/aromatic N) is 1. The van der Waals surface area contributed by atoms with Crippen molar-refractivity contribution in [3.8, 4) is 0 Å². The van der Waals surface area contributed by atoms with Crippen molar-refractivity contribution in [1.82, 2.24) is 4.90 Å². The first-order valence-corrected chi connectivity index (χ1v) is 8.04. The lowest BCUT2D eigenvalue weighted by atomic mass is 9.86. The molecule has 0 bridgehead atoms. The highest BCUT2D eigenvalue weighted by Crippen LogP contribution is 2.32. The van der Waals surface area contributed by atoms with E-state index in [1.165, 1.54) is 12.8 Å². The zero-order chi connectivity index (χ0) is 14.8. The summed E-state index contributed by atoms with van der Waals surface area (Å²) in [7, 11) is 1.96. The van der Waals surface area contributed by atoms with E-state index in [1.54, 1.807) is 0 Å². The molecule has 4 nitrogen and oxygen atoms in total. The number of benzene rings is 1. The average molecular weight is 287 g/mol. The van der Waals surface area contributed by atoms with Crippen LogP contribution >= 0.6 is 0 Å². The number of rotatable bonds is 2. The fourth-order valence-corrected chi connectivity index (χ4v) is 3.56. The maximum absolute atomic E-state index is 12.9. The number of hydrogen-bond acceptors (Lipinski definition) is 3. The number of carbonyl (C=O) groups excluding carboxylic acids is 1. The lowest BCUT2D eigenvalue weighted by Gasteiger charge is -2.35. The maximum atomic E-state index is 12.9. The van der Waals surface area contributed by atoms with E-state index in [2.05, 4.69) is 17.6 Å². The van der Waals surface area contributed by atoms with Crippen molar-refractivity contribution in [2.45, 2.75) is 38.6 Å². The highest BCUT2D eigenvalue weighted by atomic mass is 16.2. The molecule has 2 aliphatic rings. The van der Waals surface area contributed by atoms with Gasteiger partial charge in [0.15, 0.2) is 0 Å². The fourth-order valence-electron chi connectivity index (χ4n) is 3.56. The minimum Gasteiger partial charge on any atom is -0.382 e. The SMILES string of the molecule is CC1CCCC(N(C)C(=O)c2cccc3c2NCCN3)C1. The van der Waals surface area contributed by atoms with Crippen LogP contribution < -0.4 is 10.6 Å². The van der Waals surface area contributed by atoms with Gasteiger partial charge in [0, 0.05) is 26.2 Å². The Morgan fingerprint density at radius 1 is 1.24 bits per heavy atom. The first kappa shape index (κ1) is 14.2. The Balaban J connectivity index is 1.81. The minimum absolute atomic E-state index is 0.141. The number of fused-ring (bicyclic) bond motifs is 1. The van der Waals surface area contributed by atoms with Gasteiger partial charge in [-0.05, 0) is 30.9 Å². The molecule has 0 saturated heterocycles. The van der Waals surface area contributed by atoms with Gasteiger partial charge in [0.2, 0.25) is 0 Å². The van der Waals surface area contributed by atoms with Gasteiger partial charge in [-0.1, -0.05) is 25.8 Å². The van der Waals surface area contributed by atoms with Crippen molar-refractivity contribution in [3.63, 3.8) is 0 Å².